The van der Waals surface area contributed by atoms with E-state index in [9.17, 15) is 0 Å². The first kappa shape index (κ1) is 26.8. The summed E-state index contributed by atoms with van der Waals surface area (Å²) in [5.74, 6) is 3.28. The number of rotatable bonds is 2. The molecular weight excluding hydrogens is 617 g/mol. The van der Waals surface area contributed by atoms with Crippen molar-refractivity contribution in [2.45, 2.75) is 30.6 Å². The Bertz CT molecular complexity index is 3050. The van der Waals surface area contributed by atoms with Crippen molar-refractivity contribution in [2.24, 2.45) is 5.92 Å². The monoisotopic (exact) mass is 648 g/mol. The van der Waals surface area contributed by atoms with Gasteiger partial charge in [0.05, 0.1) is 16.6 Å². The van der Waals surface area contributed by atoms with E-state index < -0.39 is 0 Å². The van der Waals surface area contributed by atoms with E-state index in [1.54, 1.807) is 11.1 Å². The first-order chi connectivity index (χ1) is 25.3. The van der Waals surface area contributed by atoms with Crippen LogP contribution in [-0.2, 0) is 0 Å². The van der Waals surface area contributed by atoms with Gasteiger partial charge in [-0.15, -0.1) is 0 Å². The zero-order valence-electron chi connectivity index (χ0n) is 28.0. The van der Waals surface area contributed by atoms with Crippen molar-refractivity contribution < 1.29 is 0 Å². The van der Waals surface area contributed by atoms with Gasteiger partial charge in [0.1, 0.15) is 5.82 Å². The van der Waals surface area contributed by atoms with E-state index in [1.165, 1.54) is 95.0 Å². The Balaban J connectivity index is 1.25. The number of benzene rings is 7. The second kappa shape index (κ2) is 9.41. The molecule has 2 aromatic heterocycles. The van der Waals surface area contributed by atoms with Crippen molar-refractivity contribution in [3.05, 3.63) is 162 Å². The Morgan fingerprint density at radius 3 is 2.18 bits per heavy atom. The molecule has 0 bridgehead atoms. The summed E-state index contributed by atoms with van der Waals surface area (Å²) in [4.78, 5) is 5.79. The number of para-hydroxylation sites is 1. The fourth-order valence-electron chi connectivity index (χ4n) is 10.2. The molecule has 2 saturated carbocycles. The molecule has 2 heteroatoms. The lowest BCUT2D eigenvalue weighted by molar-refractivity contribution is 0.976. The van der Waals surface area contributed by atoms with E-state index in [2.05, 4.69) is 150 Å². The maximum absolute atomic E-state index is 5.79. The van der Waals surface area contributed by atoms with Gasteiger partial charge in [0.25, 0.3) is 0 Å². The Morgan fingerprint density at radius 2 is 1.29 bits per heavy atom. The number of nitrogens with zero attached hydrogens (tertiary/aromatic N) is 2. The van der Waals surface area contributed by atoms with Gasteiger partial charge >= 0.3 is 0 Å². The molecule has 4 aliphatic carbocycles. The van der Waals surface area contributed by atoms with Gasteiger partial charge in [-0.25, -0.2) is 4.98 Å². The smallest absolute Gasteiger partial charge is 0.146 e. The van der Waals surface area contributed by atoms with Crippen LogP contribution in [0.2, 0.25) is 0 Å². The summed E-state index contributed by atoms with van der Waals surface area (Å²) in [6.07, 6.45) is 7.46. The average Bonchev–Trinajstić information content (AvgIpc) is 4.12. The van der Waals surface area contributed by atoms with Gasteiger partial charge in [0, 0.05) is 27.1 Å². The van der Waals surface area contributed by atoms with Gasteiger partial charge in [0.2, 0.25) is 0 Å². The van der Waals surface area contributed by atoms with Crippen LogP contribution >= 0.6 is 0 Å². The number of fused-ring (bicyclic) bond motifs is 19. The Kier molecular flexibility index (Phi) is 4.95. The van der Waals surface area contributed by atoms with Crippen molar-refractivity contribution in [1.82, 2.24) is 9.55 Å². The molecular formula is C49H32N2. The molecule has 51 heavy (non-hydrogen) atoms. The van der Waals surface area contributed by atoms with Crippen LogP contribution in [-0.4, -0.2) is 9.55 Å². The predicted molar refractivity (Wildman–Crippen MR) is 212 cm³/mol. The summed E-state index contributed by atoms with van der Waals surface area (Å²) in [5.41, 5.74) is 15.1. The third-order valence-electron chi connectivity index (χ3n) is 12.7. The zero-order valence-corrected chi connectivity index (χ0v) is 28.0. The molecule has 13 rings (SSSR count). The van der Waals surface area contributed by atoms with Crippen LogP contribution in [0.15, 0.2) is 140 Å². The molecule has 7 aromatic carbocycles. The van der Waals surface area contributed by atoms with Crippen molar-refractivity contribution in [1.29, 1.82) is 0 Å². The molecule has 4 aliphatic rings. The number of hydrogen-bond acceptors (Lipinski definition) is 1. The summed E-state index contributed by atoms with van der Waals surface area (Å²) in [5, 5.41) is 9.09. The molecule has 0 spiro atoms. The number of hydrogen-bond donors (Lipinski definition) is 0. The van der Waals surface area contributed by atoms with Gasteiger partial charge < -0.3 is 0 Å². The van der Waals surface area contributed by atoms with Gasteiger partial charge in [-0.1, -0.05) is 127 Å². The van der Waals surface area contributed by atoms with Crippen molar-refractivity contribution in [3.63, 3.8) is 0 Å². The SMILES string of the molecule is C1=C[C@H]2CC2c2c1c1c(c3c2c2ccccc2n3-c2nc3c(ccc4ccccc43)cc2-c2ccccc2)C2CC2c2cc3ccccc3cc2-1. The molecule has 0 saturated heterocycles. The Morgan fingerprint density at radius 1 is 0.569 bits per heavy atom. The number of allylic oxidation sites excluding steroid dienone is 1. The van der Waals surface area contributed by atoms with Gasteiger partial charge in [-0.2, -0.15) is 0 Å². The molecule has 9 aromatic rings. The summed E-state index contributed by atoms with van der Waals surface area (Å²) in [7, 11) is 0. The van der Waals surface area contributed by atoms with Gasteiger partial charge in [-0.3, -0.25) is 4.57 Å². The predicted octanol–water partition coefficient (Wildman–Crippen LogP) is 12.7. The molecule has 2 fully saturated rings. The summed E-state index contributed by atoms with van der Waals surface area (Å²) >= 11 is 0. The first-order valence-electron chi connectivity index (χ1n) is 18.5. The second-order valence-corrected chi connectivity index (χ2v) is 15.4. The normalized spacial score (nSPS) is 20.7. The molecule has 0 aliphatic heterocycles. The Labute approximate surface area is 295 Å². The lowest BCUT2D eigenvalue weighted by Crippen LogP contribution is -2.10. The van der Waals surface area contributed by atoms with Gasteiger partial charge in [0.15, 0.2) is 0 Å². The molecule has 0 N–H and O–H groups in total. The highest BCUT2D eigenvalue weighted by Crippen LogP contribution is 2.68. The van der Waals surface area contributed by atoms with Crippen molar-refractivity contribution in [2.75, 3.05) is 0 Å². The second-order valence-electron chi connectivity index (χ2n) is 15.4. The fourth-order valence-corrected chi connectivity index (χ4v) is 10.2. The highest BCUT2D eigenvalue weighted by Gasteiger charge is 2.51. The number of pyridine rings is 1. The molecule has 238 valence electrons. The maximum Gasteiger partial charge on any atom is 0.146 e. The van der Waals surface area contributed by atoms with E-state index in [0.29, 0.717) is 23.7 Å². The summed E-state index contributed by atoms with van der Waals surface area (Å²) in [6, 6.07) is 49.7. The van der Waals surface area contributed by atoms with Crippen molar-refractivity contribution in [3.8, 4) is 28.1 Å². The lowest BCUT2D eigenvalue weighted by atomic mass is 9.77. The topological polar surface area (TPSA) is 17.8 Å². The third-order valence-corrected chi connectivity index (χ3v) is 12.7. The largest absolute Gasteiger partial charge is 0.293 e. The minimum Gasteiger partial charge on any atom is -0.293 e. The highest BCUT2D eigenvalue weighted by molar-refractivity contribution is 6.17. The van der Waals surface area contributed by atoms with Crippen LogP contribution in [0.1, 0.15) is 52.8 Å². The summed E-state index contributed by atoms with van der Waals surface area (Å²) < 4.78 is 2.60. The fraction of sp³-hybridized carbons (Fsp3) is 0.122. The van der Waals surface area contributed by atoms with Crippen LogP contribution in [0.5, 0.6) is 0 Å². The van der Waals surface area contributed by atoms with Crippen LogP contribution in [0, 0.1) is 5.92 Å². The quantitative estimate of drug-likeness (QED) is 0.171. The minimum absolute atomic E-state index is 0.497. The highest BCUT2D eigenvalue weighted by atomic mass is 15.1. The van der Waals surface area contributed by atoms with E-state index in [-0.39, 0.29) is 0 Å². The van der Waals surface area contributed by atoms with Crippen LogP contribution in [0.4, 0.5) is 0 Å². The Hall–Kier alpha value is -5.99. The zero-order chi connectivity index (χ0) is 32.9. The number of aromatic nitrogens is 2. The third kappa shape index (κ3) is 3.50. The van der Waals surface area contributed by atoms with E-state index >= 15 is 0 Å². The molecule has 2 heterocycles. The standard InChI is InChI=1S/C49H32N2/c1-2-10-27(11-3-1)37-25-32-19-18-28-12-6-7-15-33(28)47(32)50-49(37)51-42-17-9-8-16-34(42)45-43-35(21-20-31-24-36(31)43)44-40-23-30-14-5-4-13-29(30)22-38(40)39-26-41(39)46(44)48(45)51/h1-23,25,31,36,39,41H,24,26H2/t31-,36?,39?,41?/m0/s1. The molecule has 0 radical (unpaired) electrons. The molecule has 4 atom stereocenters. The van der Waals surface area contributed by atoms with Crippen molar-refractivity contribution >= 4 is 60.3 Å². The minimum atomic E-state index is 0.497. The maximum atomic E-state index is 5.79. The van der Waals surface area contributed by atoms with E-state index in [4.69, 9.17) is 4.98 Å². The average molecular weight is 649 g/mol. The van der Waals surface area contributed by atoms with Crippen LogP contribution < -0.4 is 0 Å². The molecule has 3 unspecified atom stereocenters. The van der Waals surface area contributed by atoms with Crippen LogP contribution in [0.25, 0.3) is 88.4 Å². The van der Waals surface area contributed by atoms with E-state index in [0.717, 1.165) is 11.3 Å². The van der Waals surface area contributed by atoms with Crippen LogP contribution in [0.3, 0.4) is 0 Å². The lowest BCUT2D eigenvalue weighted by Gasteiger charge is -2.28. The molecule has 0 amide bonds. The van der Waals surface area contributed by atoms with E-state index in [1.807, 2.05) is 0 Å². The van der Waals surface area contributed by atoms with Gasteiger partial charge in [-0.05, 0) is 110 Å². The molecule has 2 nitrogen and oxygen atoms in total. The summed E-state index contributed by atoms with van der Waals surface area (Å²) in [6.45, 7) is 0. The first-order valence-corrected chi connectivity index (χ1v) is 18.5.